The van der Waals surface area contributed by atoms with Crippen molar-refractivity contribution in [1.29, 1.82) is 0 Å². The maximum Gasteiger partial charge on any atom is 0.573 e. The Kier molecular flexibility index (Phi) is 4.37. The molecule has 1 aromatic rings. The number of carboxylic acid groups (broad SMARTS) is 1. The SMILES string of the molecule is O=C(O)Cc1c(C(F)(F)F)ncc(Cl)c1OC(F)(F)F. The number of ether oxygens (including phenoxy) is 1. The highest BCUT2D eigenvalue weighted by Crippen LogP contribution is 2.40. The lowest BCUT2D eigenvalue weighted by atomic mass is 10.1. The lowest BCUT2D eigenvalue weighted by Crippen LogP contribution is -2.22. The highest BCUT2D eigenvalue weighted by atomic mass is 35.5. The fraction of sp³-hybridized carbons (Fsp3) is 0.333. The molecule has 0 aliphatic rings. The van der Waals surface area contributed by atoms with E-state index in [1.165, 1.54) is 0 Å². The van der Waals surface area contributed by atoms with Crippen LogP contribution in [-0.4, -0.2) is 22.4 Å². The quantitative estimate of drug-likeness (QED) is 0.867. The van der Waals surface area contributed by atoms with E-state index in [4.69, 9.17) is 16.7 Å². The van der Waals surface area contributed by atoms with Crippen LogP contribution < -0.4 is 4.74 Å². The smallest absolute Gasteiger partial charge is 0.481 e. The highest BCUT2D eigenvalue weighted by molar-refractivity contribution is 6.32. The van der Waals surface area contributed by atoms with E-state index < -0.39 is 47.0 Å². The molecular weight excluding hydrogens is 320 g/mol. The fourth-order valence-corrected chi connectivity index (χ4v) is 1.50. The van der Waals surface area contributed by atoms with Crippen molar-refractivity contribution in [3.63, 3.8) is 0 Å². The number of halogens is 7. The molecule has 0 saturated carbocycles. The first-order chi connectivity index (χ1) is 8.92. The van der Waals surface area contributed by atoms with Gasteiger partial charge in [-0.1, -0.05) is 11.6 Å². The van der Waals surface area contributed by atoms with Crippen molar-refractivity contribution in [2.75, 3.05) is 0 Å². The second-order valence-electron chi connectivity index (χ2n) is 3.38. The lowest BCUT2D eigenvalue weighted by Gasteiger charge is -2.17. The Labute approximate surface area is 111 Å². The van der Waals surface area contributed by atoms with Crippen molar-refractivity contribution >= 4 is 17.6 Å². The van der Waals surface area contributed by atoms with Gasteiger partial charge in [-0.2, -0.15) is 13.2 Å². The second-order valence-corrected chi connectivity index (χ2v) is 3.79. The molecule has 1 rings (SSSR count). The molecule has 0 amide bonds. The summed E-state index contributed by atoms with van der Waals surface area (Å²) < 4.78 is 77.6. The van der Waals surface area contributed by atoms with Crippen molar-refractivity contribution in [2.24, 2.45) is 0 Å². The minimum Gasteiger partial charge on any atom is -0.481 e. The predicted molar refractivity (Wildman–Crippen MR) is 52.3 cm³/mol. The molecule has 0 saturated heterocycles. The summed E-state index contributed by atoms with van der Waals surface area (Å²) in [7, 11) is 0. The summed E-state index contributed by atoms with van der Waals surface area (Å²) in [6.07, 6.45) is -11.6. The maximum absolute atomic E-state index is 12.6. The van der Waals surface area contributed by atoms with E-state index in [0.717, 1.165) is 0 Å². The number of pyridine rings is 1. The molecule has 0 atom stereocenters. The zero-order chi connectivity index (χ0) is 15.7. The van der Waals surface area contributed by atoms with Crippen molar-refractivity contribution in [1.82, 2.24) is 4.98 Å². The molecule has 0 spiro atoms. The van der Waals surface area contributed by atoms with Crippen LogP contribution in [0.1, 0.15) is 11.3 Å². The zero-order valence-electron chi connectivity index (χ0n) is 9.14. The molecule has 11 heteroatoms. The van der Waals surface area contributed by atoms with E-state index in [9.17, 15) is 31.1 Å². The Morgan fingerprint density at radius 2 is 1.85 bits per heavy atom. The van der Waals surface area contributed by atoms with Crippen molar-refractivity contribution in [3.05, 3.63) is 22.5 Å². The number of alkyl halides is 6. The largest absolute Gasteiger partial charge is 0.573 e. The van der Waals surface area contributed by atoms with Crippen LogP contribution in [0.3, 0.4) is 0 Å². The molecule has 4 nitrogen and oxygen atoms in total. The zero-order valence-corrected chi connectivity index (χ0v) is 9.90. The van der Waals surface area contributed by atoms with Gasteiger partial charge in [0.15, 0.2) is 11.4 Å². The lowest BCUT2D eigenvalue weighted by molar-refractivity contribution is -0.275. The number of carbonyl (C=O) groups is 1. The normalized spacial score (nSPS) is 12.3. The van der Waals surface area contributed by atoms with Gasteiger partial charge in [0, 0.05) is 11.8 Å². The van der Waals surface area contributed by atoms with Gasteiger partial charge in [0.25, 0.3) is 0 Å². The third-order valence-corrected chi connectivity index (χ3v) is 2.17. The first-order valence-corrected chi connectivity index (χ1v) is 5.01. The van der Waals surface area contributed by atoms with Gasteiger partial charge in [-0.25, -0.2) is 4.98 Å². The third kappa shape index (κ3) is 4.15. The van der Waals surface area contributed by atoms with Crippen LogP contribution in [0.4, 0.5) is 26.3 Å². The Morgan fingerprint density at radius 1 is 1.30 bits per heavy atom. The number of hydrogen-bond acceptors (Lipinski definition) is 3. The molecule has 0 radical (unpaired) electrons. The standard InChI is InChI=1S/C9H4ClF6NO3/c10-4-2-17-7(8(11,12)13)3(1-5(18)19)6(4)20-9(14,15)16/h2H,1H2,(H,18,19). The molecule has 0 aromatic carbocycles. The number of aromatic nitrogens is 1. The molecular formula is C9H4ClF6NO3. The Morgan fingerprint density at radius 3 is 2.25 bits per heavy atom. The van der Waals surface area contributed by atoms with E-state index in [0.29, 0.717) is 6.20 Å². The molecule has 0 aliphatic heterocycles. The number of nitrogens with zero attached hydrogens (tertiary/aromatic N) is 1. The van der Waals surface area contributed by atoms with Gasteiger partial charge in [0.2, 0.25) is 0 Å². The maximum atomic E-state index is 12.6. The fourth-order valence-electron chi connectivity index (χ4n) is 1.30. The van der Waals surface area contributed by atoms with Crippen molar-refractivity contribution in [3.8, 4) is 5.75 Å². The van der Waals surface area contributed by atoms with Crippen LogP contribution in [0.15, 0.2) is 6.20 Å². The minimum absolute atomic E-state index is 0.302. The summed E-state index contributed by atoms with van der Waals surface area (Å²) in [6, 6.07) is 0. The van der Waals surface area contributed by atoms with Crippen LogP contribution >= 0.6 is 11.6 Å². The number of hydrogen-bond donors (Lipinski definition) is 1. The van der Waals surface area contributed by atoms with Crippen LogP contribution in [0, 0.1) is 0 Å². The van der Waals surface area contributed by atoms with Gasteiger partial charge in [-0.15, -0.1) is 13.2 Å². The Hall–Kier alpha value is -1.71. The molecule has 1 aromatic heterocycles. The summed E-state index contributed by atoms with van der Waals surface area (Å²) >= 11 is 5.29. The van der Waals surface area contributed by atoms with E-state index >= 15 is 0 Å². The molecule has 1 heterocycles. The third-order valence-electron chi connectivity index (χ3n) is 1.90. The second kappa shape index (κ2) is 5.35. The van der Waals surface area contributed by atoms with Crippen LogP contribution in [0.5, 0.6) is 5.75 Å². The molecule has 112 valence electrons. The average molecular weight is 324 g/mol. The number of aliphatic carboxylic acids is 1. The summed E-state index contributed by atoms with van der Waals surface area (Å²) in [5.41, 5.74) is -3.10. The number of rotatable bonds is 3. The van der Waals surface area contributed by atoms with Gasteiger partial charge in [0.1, 0.15) is 5.02 Å². The van der Waals surface area contributed by atoms with E-state index in [2.05, 4.69) is 9.72 Å². The number of carboxylic acids is 1. The average Bonchev–Trinajstić information content (AvgIpc) is 2.19. The van der Waals surface area contributed by atoms with Crippen LogP contribution in [0.25, 0.3) is 0 Å². The molecule has 0 aliphatic carbocycles. The molecule has 0 bridgehead atoms. The van der Waals surface area contributed by atoms with Gasteiger partial charge in [-0.3, -0.25) is 4.79 Å². The van der Waals surface area contributed by atoms with E-state index in [1.54, 1.807) is 0 Å². The highest BCUT2D eigenvalue weighted by Gasteiger charge is 2.40. The van der Waals surface area contributed by atoms with Gasteiger partial charge < -0.3 is 9.84 Å². The molecule has 0 fully saturated rings. The monoisotopic (exact) mass is 323 g/mol. The summed E-state index contributed by atoms with van der Waals surface area (Å²) in [4.78, 5) is 13.3. The minimum atomic E-state index is -5.33. The van der Waals surface area contributed by atoms with Crippen LogP contribution in [-0.2, 0) is 17.4 Å². The predicted octanol–water partition coefficient (Wildman–Crippen LogP) is 3.28. The first-order valence-electron chi connectivity index (χ1n) is 4.64. The van der Waals surface area contributed by atoms with Gasteiger partial charge >= 0.3 is 18.5 Å². The van der Waals surface area contributed by atoms with E-state index in [-0.39, 0.29) is 0 Å². The Balaban J connectivity index is 3.50. The van der Waals surface area contributed by atoms with Crippen molar-refractivity contribution < 1.29 is 41.0 Å². The summed E-state index contributed by atoms with van der Waals surface area (Å²) in [5, 5.41) is 7.61. The van der Waals surface area contributed by atoms with Gasteiger partial charge in [0.05, 0.1) is 6.42 Å². The topological polar surface area (TPSA) is 59.4 Å². The Bertz CT molecular complexity index is 528. The van der Waals surface area contributed by atoms with Gasteiger partial charge in [-0.05, 0) is 0 Å². The summed E-state index contributed by atoms with van der Waals surface area (Å²) in [6.45, 7) is 0. The van der Waals surface area contributed by atoms with E-state index in [1.807, 2.05) is 0 Å². The first kappa shape index (κ1) is 16.3. The molecule has 20 heavy (non-hydrogen) atoms. The van der Waals surface area contributed by atoms with Crippen molar-refractivity contribution in [2.45, 2.75) is 19.0 Å². The van der Waals surface area contributed by atoms with Crippen LogP contribution in [0.2, 0.25) is 5.02 Å². The molecule has 1 N–H and O–H groups in total. The summed E-state index contributed by atoms with van der Waals surface area (Å²) in [5.74, 6) is -3.23. The molecule has 0 unspecified atom stereocenters.